The standard InChI is InChI=1S/C13H28N2O2/c1-6-10(7-2)15(8-9-16)12(17)11(14)13(3,4)5/h10-11,16H,6-9,14H2,1-5H3. The number of nitrogens with zero attached hydrogens (tertiary/aromatic N) is 1. The van der Waals surface area contributed by atoms with Gasteiger partial charge >= 0.3 is 0 Å². The van der Waals surface area contributed by atoms with Crippen molar-refractivity contribution in [2.24, 2.45) is 11.1 Å². The maximum absolute atomic E-state index is 12.3. The molecule has 1 atom stereocenters. The van der Waals surface area contributed by atoms with Crippen molar-refractivity contribution in [3.05, 3.63) is 0 Å². The lowest BCUT2D eigenvalue weighted by Gasteiger charge is -2.36. The second-order valence-corrected chi connectivity index (χ2v) is 5.57. The van der Waals surface area contributed by atoms with E-state index in [1.54, 1.807) is 4.90 Å². The molecule has 4 heteroatoms. The molecule has 1 amide bonds. The van der Waals surface area contributed by atoms with E-state index in [4.69, 9.17) is 10.8 Å². The van der Waals surface area contributed by atoms with Gasteiger partial charge < -0.3 is 15.7 Å². The summed E-state index contributed by atoms with van der Waals surface area (Å²) in [6, 6.07) is -0.349. The smallest absolute Gasteiger partial charge is 0.240 e. The molecule has 0 saturated carbocycles. The highest BCUT2D eigenvalue weighted by Crippen LogP contribution is 2.21. The fourth-order valence-electron chi connectivity index (χ4n) is 1.86. The first-order chi connectivity index (χ1) is 7.79. The lowest BCUT2D eigenvalue weighted by atomic mass is 9.86. The normalized spacial score (nSPS) is 13.9. The first-order valence-electron chi connectivity index (χ1n) is 6.46. The zero-order chi connectivity index (χ0) is 13.6. The molecule has 3 N–H and O–H groups in total. The number of amides is 1. The summed E-state index contributed by atoms with van der Waals surface area (Å²) in [5.41, 5.74) is 5.75. The Balaban J connectivity index is 4.87. The van der Waals surface area contributed by atoms with Gasteiger partial charge in [-0.15, -0.1) is 0 Å². The van der Waals surface area contributed by atoms with Crippen LogP contribution in [0.1, 0.15) is 47.5 Å². The molecule has 0 aliphatic rings. The highest BCUT2D eigenvalue weighted by atomic mass is 16.3. The van der Waals surface area contributed by atoms with Crippen molar-refractivity contribution >= 4 is 5.91 Å². The summed E-state index contributed by atoms with van der Waals surface area (Å²) in [7, 11) is 0. The van der Waals surface area contributed by atoms with E-state index in [9.17, 15) is 4.79 Å². The summed E-state index contributed by atoms with van der Waals surface area (Å²) < 4.78 is 0. The maximum atomic E-state index is 12.3. The van der Waals surface area contributed by atoms with E-state index in [1.807, 2.05) is 20.8 Å². The van der Waals surface area contributed by atoms with Crippen molar-refractivity contribution in [1.82, 2.24) is 4.90 Å². The quantitative estimate of drug-likeness (QED) is 0.741. The number of carbonyl (C=O) groups is 1. The van der Waals surface area contributed by atoms with E-state index in [2.05, 4.69) is 13.8 Å². The van der Waals surface area contributed by atoms with Crippen LogP contribution in [-0.4, -0.2) is 41.1 Å². The average molecular weight is 244 g/mol. The van der Waals surface area contributed by atoms with Gasteiger partial charge in [-0.25, -0.2) is 0 Å². The van der Waals surface area contributed by atoms with E-state index < -0.39 is 6.04 Å². The highest BCUT2D eigenvalue weighted by Gasteiger charge is 2.32. The Morgan fingerprint density at radius 3 is 2.06 bits per heavy atom. The van der Waals surface area contributed by atoms with E-state index in [1.165, 1.54) is 0 Å². The van der Waals surface area contributed by atoms with Gasteiger partial charge in [-0.05, 0) is 18.3 Å². The van der Waals surface area contributed by atoms with Crippen molar-refractivity contribution in [3.63, 3.8) is 0 Å². The van der Waals surface area contributed by atoms with Crippen LogP contribution in [0.5, 0.6) is 0 Å². The Labute approximate surface area is 105 Å². The molecule has 0 heterocycles. The second kappa shape index (κ2) is 6.97. The fourth-order valence-corrected chi connectivity index (χ4v) is 1.86. The van der Waals surface area contributed by atoms with Crippen molar-refractivity contribution < 1.29 is 9.90 Å². The van der Waals surface area contributed by atoms with Crippen molar-refractivity contribution in [2.75, 3.05) is 13.2 Å². The minimum absolute atomic E-state index is 0.0148. The number of nitrogens with two attached hydrogens (primary N) is 1. The van der Waals surface area contributed by atoms with Crippen LogP contribution in [0.4, 0.5) is 0 Å². The molecule has 4 nitrogen and oxygen atoms in total. The van der Waals surface area contributed by atoms with E-state index >= 15 is 0 Å². The van der Waals surface area contributed by atoms with Crippen LogP contribution in [-0.2, 0) is 4.79 Å². The molecular weight excluding hydrogens is 216 g/mol. The molecule has 0 aromatic carbocycles. The molecule has 102 valence electrons. The number of rotatable bonds is 6. The lowest BCUT2D eigenvalue weighted by Crippen LogP contribution is -2.54. The van der Waals surface area contributed by atoms with Gasteiger partial charge in [0.25, 0.3) is 0 Å². The van der Waals surface area contributed by atoms with Gasteiger partial charge in [0.2, 0.25) is 5.91 Å². The van der Waals surface area contributed by atoms with Gasteiger partial charge in [-0.1, -0.05) is 34.6 Å². The average Bonchev–Trinajstić information content (AvgIpc) is 2.26. The molecule has 0 bridgehead atoms. The number of hydrogen-bond donors (Lipinski definition) is 2. The summed E-state index contributed by atoms with van der Waals surface area (Å²) in [5.74, 6) is -0.0553. The predicted octanol–water partition coefficient (Wildman–Crippen LogP) is 1.37. The molecule has 0 fully saturated rings. The lowest BCUT2D eigenvalue weighted by molar-refractivity contribution is -0.138. The third-order valence-corrected chi connectivity index (χ3v) is 3.21. The molecular formula is C13H28N2O2. The molecule has 0 rings (SSSR count). The third-order valence-electron chi connectivity index (χ3n) is 3.21. The fraction of sp³-hybridized carbons (Fsp3) is 0.923. The first kappa shape index (κ1) is 16.4. The van der Waals surface area contributed by atoms with Gasteiger partial charge in [0.15, 0.2) is 0 Å². The monoisotopic (exact) mass is 244 g/mol. The highest BCUT2D eigenvalue weighted by molar-refractivity contribution is 5.82. The summed E-state index contributed by atoms with van der Waals surface area (Å²) in [6.07, 6.45) is 1.78. The van der Waals surface area contributed by atoms with Crippen LogP contribution in [0.3, 0.4) is 0 Å². The number of hydrogen-bond acceptors (Lipinski definition) is 3. The predicted molar refractivity (Wildman–Crippen MR) is 70.6 cm³/mol. The van der Waals surface area contributed by atoms with Crippen LogP contribution < -0.4 is 5.73 Å². The minimum Gasteiger partial charge on any atom is -0.395 e. The first-order valence-corrected chi connectivity index (χ1v) is 6.46. The summed E-state index contributed by atoms with van der Waals surface area (Å²) in [6.45, 7) is 10.3. The summed E-state index contributed by atoms with van der Waals surface area (Å²) in [5, 5.41) is 9.08. The number of carbonyl (C=O) groups excluding carboxylic acids is 1. The third kappa shape index (κ3) is 4.64. The van der Waals surface area contributed by atoms with E-state index in [-0.39, 0.29) is 24.0 Å². The Morgan fingerprint density at radius 1 is 1.29 bits per heavy atom. The maximum Gasteiger partial charge on any atom is 0.240 e. The summed E-state index contributed by atoms with van der Waals surface area (Å²) >= 11 is 0. The molecule has 0 saturated heterocycles. The minimum atomic E-state index is -0.519. The Bertz CT molecular complexity index is 232. The Hall–Kier alpha value is -0.610. The molecule has 17 heavy (non-hydrogen) atoms. The van der Waals surface area contributed by atoms with Crippen LogP contribution >= 0.6 is 0 Å². The van der Waals surface area contributed by atoms with Gasteiger partial charge in [-0.2, -0.15) is 0 Å². The van der Waals surface area contributed by atoms with Crippen LogP contribution in [0.15, 0.2) is 0 Å². The number of aliphatic hydroxyl groups excluding tert-OH is 1. The molecule has 1 unspecified atom stereocenters. The molecule has 0 aliphatic heterocycles. The Kier molecular flexibility index (Phi) is 6.72. The van der Waals surface area contributed by atoms with Gasteiger partial charge in [0, 0.05) is 12.6 Å². The topological polar surface area (TPSA) is 66.6 Å². The molecule has 0 aliphatic carbocycles. The SMILES string of the molecule is CCC(CC)N(CCO)C(=O)C(N)C(C)(C)C. The molecule has 0 aromatic heterocycles. The van der Waals surface area contributed by atoms with Crippen molar-refractivity contribution in [1.29, 1.82) is 0 Å². The van der Waals surface area contributed by atoms with Gasteiger partial charge in [-0.3, -0.25) is 4.79 Å². The molecule has 0 aromatic rings. The van der Waals surface area contributed by atoms with Crippen LogP contribution in [0.25, 0.3) is 0 Å². The van der Waals surface area contributed by atoms with E-state index in [0.717, 1.165) is 12.8 Å². The summed E-state index contributed by atoms with van der Waals surface area (Å²) in [4.78, 5) is 14.1. The van der Waals surface area contributed by atoms with Crippen molar-refractivity contribution in [2.45, 2.75) is 59.5 Å². The van der Waals surface area contributed by atoms with E-state index in [0.29, 0.717) is 6.54 Å². The van der Waals surface area contributed by atoms with Crippen LogP contribution in [0, 0.1) is 5.41 Å². The second-order valence-electron chi connectivity index (χ2n) is 5.57. The Morgan fingerprint density at radius 2 is 1.76 bits per heavy atom. The molecule has 0 radical (unpaired) electrons. The zero-order valence-corrected chi connectivity index (χ0v) is 11.9. The zero-order valence-electron chi connectivity index (χ0n) is 11.9. The van der Waals surface area contributed by atoms with Gasteiger partial charge in [0.1, 0.15) is 0 Å². The van der Waals surface area contributed by atoms with Crippen molar-refractivity contribution in [3.8, 4) is 0 Å². The molecule has 0 spiro atoms. The largest absolute Gasteiger partial charge is 0.395 e. The van der Waals surface area contributed by atoms with Crippen LogP contribution in [0.2, 0.25) is 0 Å². The number of aliphatic hydroxyl groups is 1. The van der Waals surface area contributed by atoms with Gasteiger partial charge in [0.05, 0.1) is 12.6 Å².